The van der Waals surface area contributed by atoms with Crippen LogP contribution in [0.5, 0.6) is 0 Å². The Morgan fingerprint density at radius 2 is 1.92 bits per heavy atom. The summed E-state index contributed by atoms with van der Waals surface area (Å²) in [4.78, 5) is 42.1. The van der Waals surface area contributed by atoms with Gasteiger partial charge in [0.15, 0.2) is 23.1 Å². The lowest BCUT2D eigenvalue weighted by Gasteiger charge is -2.09. The zero-order valence-corrected chi connectivity index (χ0v) is 22.0. The van der Waals surface area contributed by atoms with Gasteiger partial charge < -0.3 is 10.3 Å². The second kappa shape index (κ2) is 9.52. The van der Waals surface area contributed by atoms with Crippen molar-refractivity contribution in [1.82, 2.24) is 30.1 Å². The summed E-state index contributed by atoms with van der Waals surface area (Å²) in [5.41, 5.74) is 4.44. The van der Waals surface area contributed by atoms with E-state index in [4.69, 9.17) is 0 Å². The number of halogens is 1. The molecule has 6 aromatic rings. The van der Waals surface area contributed by atoms with E-state index in [2.05, 4.69) is 35.5 Å². The summed E-state index contributed by atoms with van der Waals surface area (Å²) in [7, 11) is 0. The molecule has 0 fully saturated rings. The first-order valence-corrected chi connectivity index (χ1v) is 13.0. The molecule has 0 aliphatic heterocycles. The SMILES string of the molecule is CC(=O)c1ccc(-c2ccnc3nc(-c4[nH]nc5c(F)cc(-c6cncc(NC(=O)C(C)C)c6)cc45)[nH]c23)s1. The van der Waals surface area contributed by atoms with E-state index >= 15 is 4.39 Å². The number of carbonyl (C=O) groups is 2. The maximum atomic E-state index is 15.2. The number of carbonyl (C=O) groups excluding carboxylic acids is 2. The maximum absolute atomic E-state index is 15.2. The zero-order chi connectivity index (χ0) is 27.3. The van der Waals surface area contributed by atoms with Crippen LogP contribution in [0, 0.1) is 11.7 Å². The number of amides is 1. The molecule has 0 aliphatic carbocycles. The van der Waals surface area contributed by atoms with Crippen LogP contribution in [0.15, 0.2) is 55.0 Å². The number of fused-ring (bicyclic) bond motifs is 2. The molecule has 3 N–H and O–H groups in total. The van der Waals surface area contributed by atoms with E-state index in [9.17, 15) is 9.59 Å². The fourth-order valence-corrected chi connectivity index (χ4v) is 5.21. The van der Waals surface area contributed by atoms with Crippen molar-refractivity contribution in [3.63, 3.8) is 0 Å². The predicted octanol–water partition coefficient (Wildman–Crippen LogP) is 6.23. The number of hydrogen-bond donors (Lipinski definition) is 3. The molecule has 0 saturated carbocycles. The fraction of sp³-hybridized carbons (Fsp3) is 0.143. The standard InChI is InChI=1S/C28H22FN7O2S/c1-13(2)28(38)32-17-8-16(11-30-12-17)15-9-19-23(20(29)10-15)35-36-25(19)27-33-24-18(6-7-31-26(24)34-27)22-5-4-21(39-22)14(3)37/h4-13H,1-3H3,(H,32,38)(H,35,36)(H,31,33,34). The Kier molecular flexibility index (Phi) is 5.99. The Labute approximate surface area is 225 Å². The first-order chi connectivity index (χ1) is 18.8. The molecule has 0 atom stereocenters. The van der Waals surface area contributed by atoms with Crippen molar-refractivity contribution in [1.29, 1.82) is 0 Å². The molecule has 11 heteroatoms. The summed E-state index contributed by atoms with van der Waals surface area (Å²) in [5.74, 6) is -0.377. The van der Waals surface area contributed by atoms with E-state index in [1.807, 2.05) is 18.2 Å². The zero-order valence-electron chi connectivity index (χ0n) is 21.2. The van der Waals surface area contributed by atoms with E-state index < -0.39 is 5.82 Å². The number of nitrogens with zero attached hydrogens (tertiary/aromatic N) is 4. The molecule has 1 amide bonds. The molecule has 0 saturated heterocycles. The van der Waals surface area contributed by atoms with Crippen molar-refractivity contribution >= 4 is 50.8 Å². The van der Waals surface area contributed by atoms with Gasteiger partial charge in [-0.15, -0.1) is 11.3 Å². The molecular weight excluding hydrogens is 517 g/mol. The Morgan fingerprint density at radius 3 is 2.69 bits per heavy atom. The second-order valence-corrected chi connectivity index (χ2v) is 10.5. The predicted molar refractivity (Wildman–Crippen MR) is 149 cm³/mol. The third-order valence-corrected chi connectivity index (χ3v) is 7.54. The normalized spacial score (nSPS) is 11.5. The third kappa shape index (κ3) is 4.46. The summed E-state index contributed by atoms with van der Waals surface area (Å²) in [6.07, 6.45) is 4.82. The van der Waals surface area contributed by atoms with Crippen LogP contribution in [0.1, 0.15) is 30.4 Å². The molecule has 0 radical (unpaired) electrons. The molecule has 0 spiro atoms. The van der Waals surface area contributed by atoms with E-state index in [1.165, 1.54) is 24.3 Å². The Balaban J connectivity index is 1.43. The number of H-pyrrole nitrogens is 2. The molecule has 1 aromatic carbocycles. The summed E-state index contributed by atoms with van der Waals surface area (Å²) >= 11 is 1.40. The van der Waals surface area contributed by atoms with Crippen molar-refractivity contribution in [2.24, 2.45) is 5.92 Å². The number of benzene rings is 1. The van der Waals surface area contributed by atoms with Crippen LogP contribution in [-0.2, 0) is 4.79 Å². The smallest absolute Gasteiger partial charge is 0.226 e. The summed E-state index contributed by atoms with van der Waals surface area (Å²) in [5, 5.41) is 10.5. The number of rotatable bonds is 6. The molecule has 39 heavy (non-hydrogen) atoms. The summed E-state index contributed by atoms with van der Waals surface area (Å²) in [6, 6.07) is 10.5. The van der Waals surface area contributed by atoms with Gasteiger partial charge in [-0.05, 0) is 48.9 Å². The van der Waals surface area contributed by atoms with Crippen LogP contribution in [0.4, 0.5) is 10.1 Å². The number of nitrogens with one attached hydrogen (secondary N) is 3. The minimum absolute atomic E-state index is 0.00616. The average Bonchev–Trinajstić information content (AvgIpc) is 3.66. The van der Waals surface area contributed by atoms with Crippen LogP contribution in [-0.4, -0.2) is 41.8 Å². The Bertz CT molecular complexity index is 1900. The van der Waals surface area contributed by atoms with E-state index in [-0.39, 0.29) is 23.1 Å². The van der Waals surface area contributed by atoms with Crippen LogP contribution in [0.25, 0.3) is 55.2 Å². The lowest BCUT2D eigenvalue weighted by Crippen LogP contribution is -2.17. The van der Waals surface area contributed by atoms with Gasteiger partial charge >= 0.3 is 0 Å². The van der Waals surface area contributed by atoms with Crippen molar-refractivity contribution < 1.29 is 14.0 Å². The van der Waals surface area contributed by atoms with Gasteiger partial charge in [-0.1, -0.05) is 13.8 Å². The van der Waals surface area contributed by atoms with Crippen LogP contribution >= 0.6 is 11.3 Å². The van der Waals surface area contributed by atoms with Gasteiger partial charge in [0.05, 0.1) is 22.3 Å². The Hall–Kier alpha value is -4.77. The molecule has 9 nitrogen and oxygen atoms in total. The number of imidazole rings is 1. The molecule has 194 valence electrons. The van der Waals surface area contributed by atoms with Gasteiger partial charge in [-0.2, -0.15) is 5.10 Å². The van der Waals surface area contributed by atoms with Crippen LogP contribution < -0.4 is 5.32 Å². The maximum Gasteiger partial charge on any atom is 0.226 e. The summed E-state index contributed by atoms with van der Waals surface area (Å²) < 4.78 is 15.2. The molecule has 5 aromatic heterocycles. The lowest BCUT2D eigenvalue weighted by molar-refractivity contribution is -0.118. The second-order valence-electron chi connectivity index (χ2n) is 9.42. The van der Waals surface area contributed by atoms with Gasteiger partial charge in [0.1, 0.15) is 11.2 Å². The quantitative estimate of drug-likeness (QED) is 0.215. The monoisotopic (exact) mass is 539 g/mol. The van der Waals surface area contributed by atoms with Gasteiger partial charge in [-0.3, -0.25) is 19.7 Å². The van der Waals surface area contributed by atoms with Crippen molar-refractivity contribution in [3.05, 3.63) is 65.7 Å². The highest BCUT2D eigenvalue weighted by Gasteiger charge is 2.19. The minimum Gasteiger partial charge on any atom is -0.335 e. The van der Waals surface area contributed by atoms with Crippen LogP contribution in [0.2, 0.25) is 0 Å². The first kappa shape index (κ1) is 24.6. The van der Waals surface area contributed by atoms with E-state index in [1.54, 1.807) is 44.6 Å². The van der Waals surface area contributed by atoms with E-state index in [0.29, 0.717) is 49.8 Å². The topological polar surface area (TPSA) is 129 Å². The largest absolute Gasteiger partial charge is 0.335 e. The number of Topliss-reactive ketones (excluding diaryl/α,β-unsaturated/α-hetero) is 1. The Morgan fingerprint density at radius 1 is 1.08 bits per heavy atom. The fourth-order valence-electron chi connectivity index (χ4n) is 4.28. The van der Waals surface area contributed by atoms with Gasteiger partial charge in [-0.25, -0.2) is 14.4 Å². The van der Waals surface area contributed by atoms with Crippen molar-refractivity contribution in [2.75, 3.05) is 5.32 Å². The molecule has 5 heterocycles. The number of thiophene rings is 1. The third-order valence-electron chi connectivity index (χ3n) is 6.32. The van der Waals surface area contributed by atoms with Crippen molar-refractivity contribution in [2.45, 2.75) is 20.8 Å². The molecule has 0 aliphatic rings. The first-order valence-electron chi connectivity index (χ1n) is 12.2. The van der Waals surface area contributed by atoms with Gasteiger partial charge in [0, 0.05) is 39.7 Å². The number of hydrogen-bond acceptors (Lipinski definition) is 7. The highest BCUT2D eigenvalue weighted by Crippen LogP contribution is 2.36. The van der Waals surface area contributed by atoms with Gasteiger partial charge in [0.25, 0.3) is 0 Å². The lowest BCUT2D eigenvalue weighted by atomic mass is 10.0. The highest BCUT2D eigenvalue weighted by atomic mass is 32.1. The number of anilines is 1. The number of ketones is 1. The molecular formula is C28H22FN7O2S. The van der Waals surface area contributed by atoms with Crippen LogP contribution in [0.3, 0.4) is 0 Å². The van der Waals surface area contributed by atoms with E-state index in [0.717, 1.165) is 10.4 Å². The van der Waals surface area contributed by atoms with Gasteiger partial charge in [0.2, 0.25) is 5.91 Å². The highest BCUT2D eigenvalue weighted by molar-refractivity contribution is 7.17. The number of aromatic nitrogens is 6. The summed E-state index contributed by atoms with van der Waals surface area (Å²) in [6.45, 7) is 5.14. The molecule has 6 rings (SSSR count). The number of pyridine rings is 2. The number of aromatic amines is 2. The molecule has 0 unspecified atom stereocenters. The average molecular weight is 540 g/mol. The molecule has 0 bridgehead atoms. The minimum atomic E-state index is -0.508. The van der Waals surface area contributed by atoms with Crippen molar-refractivity contribution in [3.8, 4) is 33.1 Å².